The summed E-state index contributed by atoms with van der Waals surface area (Å²) in [5.74, 6) is 0.746. The van der Waals surface area contributed by atoms with Crippen LogP contribution in [0.2, 0.25) is 5.02 Å². The summed E-state index contributed by atoms with van der Waals surface area (Å²) in [5.41, 5.74) is 0.984. The highest BCUT2D eigenvalue weighted by Gasteiger charge is 2.22. The van der Waals surface area contributed by atoms with Crippen LogP contribution in [0.1, 0.15) is 19.4 Å². The van der Waals surface area contributed by atoms with Crippen LogP contribution in [0.3, 0.4) is 0 Å². The van der Waals surface area contributed by atoms with Gasteiger partial charge in [0.1, 0.15) is 5.75 Å². The summed E-state index contributed by atoms with van der Waals surface area (Å²) in [7, 11) is 1.62. The molecule has 0 spiro atoms. The summed E-state index contributed by atoms with van der Waals surface area (Å²) in [5, 5.41) is 3.52. The molecule has 1 rings (SSSR count). The quantitative estimate of drug-likeness (QED) is 0.840. The third kappa shape index (κ3) is 4.50. The zero-order chi connectivity index (χ0) is 13.8. The molecule has 1 N–H and O–H groups in total. The Morgan fingerprint density at radius 3 is 2.72 bits per heavy atom. The van der Waals surface area contributed by atoms with Gasteiger partial charge in [0.05, 0.1) is 11.4 Å². The number of amides is 1. The van der Waals surface area contributed by atoms with Crippen molar-refractivity contribution in [3.05, 3.63) is 28.8 Å². The zero-order valence-electron chi connectivity index (χ0n) is 10.7. The summed E-state index contributed by atoms with van der Waals surface area (Å²) in [6.07, 6.45) is 0.679. The molecule has 0 aliphatic carbocycles. The second kappa shape index (κ2) is 6.43. The summed E-state index contributed by atoms with van der Waals surface area (Å²) in [6, 6.07) is 5.46. The van der Waals surface area contributed by atoms with Crippen LogP contribution in [0, 0.1) is 0 Å². The van der Waals surface area contributed by atoms with E-state index in [4.69, 9.17) is 16.3 Å². The van der Waals surface area contributed by atoms with Crippen molar-refractivity contribution in [3.63, 3.8) is 0 Å². The fraction of sp³-hybridized carbons (Fsp3) is 0.462. The average Bonchev–Trinajstić information content (AvgIpc) is 2.28. The van der Waals surface area contributed by atoms with E-state index in [1.54, 1.807) is 13.2 Å². The van der Waals surface area contributed by atoms with Gasteiger partial charge in [-0.05, 0) is 44.0 Å². The Morgan fingerprint density at radius 2 is 2.17 bits per heavy atom. The molecule has 0 fully saturated rings. The first-order chi connectivity index (χ1) is 8.34. The third-order valence-electron chi connectivity index (χ3n) is 2.46. The van der Waals surface area contributed by atoms with Crippen LogP contribution >= 0.6 is 27.5 Å². The standard InChI is InChI=1S/C13H17BrClNO2/c1-13(2,14)12(17)16-7-6-9-8-10(15)4-5-11(9)18-3/h4-5,8H,6-7H2,1-3H3,(H,16,17). The summed E-state index contributed by atoms with van der Waals surface area (Å²) in [6.45, 7) is 4.16. The van der Waals surface area contributed by atoms with Gasteiger partial charge in [0.15, 0.2) is 0 Å². The Labute approximate surface area is 121 Å². The predicted octanol–water partition coefficient (Wildman–Crippen LogP) is 3.18. The molecule has 0 bridgehead atoms. The predicted molar refractivity (Wildman–Crippen MR) is 77.7 cm³/mol. The van der Waals surface area contributed by atoms with E-state index in [0.29, 0.717) is 18.0 Å². The lowest BCUT2D eigenvalue weighted by atomic mass is 10.1. The van der Waals surface area contributed by atoms with Crippen LogP contribution in [0.5, 0.6) is 5.75 Å². The Kier molecular flexibility index (Phi) is 5.47. The molecule has 1 amide bonds. The smallest absolute Gasteiger partial charge is 0.236 e. The minimum Gasteiger partial charge on any atom is -0.496 e. The van der Waals surface area contributed by atoms with Crippen LogP contribution < -0.4 is 10.1 Å². The molecular weight excluding hydrogens is 318 g/mol. The van der Waals surface area contributed by atoms with Crippen molar-refractivity contribution in [2.24, 2.45) is 0 Å². The van der Waals surface area contributed by atoms with Crippen molar-refractivity contribution in [1.29, 1.82) is 0 Å². The summed E-state index contributed by atoms with van der Waals surface area (Å²) < 4.78 is 4.69. The number of halogens is 2. The molecule has 5 heteroatoms. The van der Waals surface area contributed by atoms with E-state index in [-0.39, 0.29) is 5.91 Å². The van der Waals surface area contributed by atoms with E-state index in [9.17, 15) is 4.79 Å². The van der Waals surface area contributed by atoms with Gasteiger partial charge in [0.2, 0.25) is 5.91 Å². The average molecular weight is 335 g/mol. The van der Waals surface area contributed by atoms with E-state index in [1.807, 2.05) is 26.0 Å². The Bertz CT molecular complexity index is 429. The van der Waals surface area contributed by atoms with Gasteiger partial charge in [-0.25, -0.2) is 0 Å². The van der Waals surface area contributed by atoms with Crippen LogP contribution in [0.4, 0.5) is 0 Å². The van der Waals surface area contributed by atoms with Gasteiger partial charge >= 0.3 is 0 Å². The molecule has 1 aromatic rings. The van der Waals surface area contributed by atoms with E-state index in [0.717, 1.165) is 11.3 Å². The lowest BCUT2D eigenvalue weighted by Gasteiger charge is -2.16. The molecule has 0 aliphatic heterocycles. The molecule has 0 unspecified atom stereocenters. The first kappa shape index (κ1) is 15.3. The second-order valence-electron chi connectivity index (χ2n) is 4.43. The van der Waals surface area contributed by atoms with Gasteiger partial charge in [-0.1, -0.05) is 27.5 Å². The van der Waals surface area contributed by atoms with Crippen molar-refractivity contribution < 1.29 is 9.53 Å². The van der Waals surface area contributed by atoms with Gasteiger partial charge in [0, 0.05) is 11.6 Å². The molecule has 0 heterocycles. The minimum absolute atomic E-state index is 0.0384. The molecular formula is C13H17BrClNO2. The van der Waals surface area contributed by atoms with Crippen molar-refractivity contribution in [3.8, 4) is 5.75 Å². The zero-order valence-corrected chi connectivity index (χ0v) is 13.1. The number of ether oxygens (including phenoxy) is 1. The fourth-order valence-corrected chi connectivity index (χ4v) is 1.80. The minimum atomic E-state index is -0.550. The van der Waals surface area contributed by atoms with Crippen molar-refractivity contribution in [1.82, 2.24) is 5.32 Å². The highest BCUT2D eigenvalue weighted by Crippen LogP contribution is 2.23. The second-order valence-corrected chi connectivity index (χ2v) is 6.85. The number of nitrogens with one attached hydrogen (secondary N) is 1. The van der Waals surface area contributed by atoms with Crippen molar-refractivity contribution in [2.45, 2.75) is 24.6 Å². The summed E-state index contributed by atoms with van der Waals surface area (Å²) >= 11 is 9.25. The number of rotatable bonds is 5. The maximum Gasteiger partial charge on any atom is 0.236 e. The molecule has 3 nitrogen and oxygen atoms in total. The van der Waals surface area contributed by atoms with Crippen molar-refractivity contribution >= 4 is 33.4 Å². The number of carbonyl (C=O) groups is 1. The summed E-state index contributed by atoms with van der Waals surface area (Å²) in [4.78, 5) is 11.7. The van der Waals surface area contributed by atoms with E-state index in [1.165, 1.54) is 0 Å². The first-order valence-corrected chi connectivity index (χ1v) is 6.81. The molecule has 0 atom stereocenters. The SMILES string of the molecule is COc1ccc(Cl)cc1CCNC(=O)C(C)(C)Br. The first-order valence-electron chi connectivity index (χ1n) is 5.64. The van der Waals surface area contributed by atoms with Crippen LogP contribution in [0.25, 0.3) is 0 Å². The Balaban J connectivity index is 2.59. The van der Waals surface area contributed by atoms with Crippen LogP contribution in [-0.2, 0) is 11.2 Å². The maximum absolute atomic E-state index is 11.7. The van der Waals surface area contributed by atoms with Gasteiger partial charge in [-0.2, -0.15) is 0 Å². The number of alkyl halides is 1. The van der Waals surface area contributed by atoms with Gasteiger partial charge in [-0.15, -0.1) is 0 Å². The Morgan fingerprint density at radius 1 is 1.50 bits per heavy atom. The van der Waals surface area contributed by atoms with Gasteiger partial charge in [-0.3, -0.25) is 4.79 Å². The molecule has 18 heavy (non-hydrogen) atoms. The molecule has 0 aliphatic rings. The lowest BCUT2D eigenvalue weighted by molar-refractivity contribution is -0.122. The largest absolute Gasteiger partial charge is 0.496 e. The van der Waals surface area contributed by atoms with Gasteiger partial charge in [0.25, 0.3) is 0 Å². The van der Waals surface area contributed by atoms with E-state index >= 15 is 0 Å². The highest BCUT2D eigenvalue weighted by atomic mass is 79.9. The van der Waals surface area contributed by atoms with Gasteiger partial charge < -0.3 is 10.1 Å². The molecule has 0 saturated heterocycles. The number of hydrogen-bond donors (Lipinski definition) is 1. The monoisotopic (exact) mass is 333 g/mol. The van der Waals surface area contributed by atoms with E-state index < -0.39 is 4.32 Å². The molecule has 0 radical (unpaired) electrons. The third-order valence-corrected chi connectivity index (χ3v) is 3.06. The van der Waals surface area contributed by atoms with Crippen LogP contribution in [-0.4, -0.2) is 23.9 Å². The number of benzene rings is 1. The Hall–Kier alpha value is -0.740. The topological polar surface area (TPSA) is 38.3 Å². The number of methoxy groups -OCH3 is 1. The fourth-order valence-electron chi connectivity index (χ4n) is 1.46. The highest BCUT2D eigenvalue weighted by molar-refractivity contribution is 9.10. The number of carbonyl (C=O) groups excluding carboxylic acids is 1. The molecule has 1 aromatic carbocycles. The normalized spacial score (nSPS) is 11.2. The van der Waals surface area contributed by atoms with E-state index in [2.05, 4.69) is 21.2 Å². The maximum atomic E-state index is 11.7. The van der Waals surface area contributed by atoms with Crippen molar-refractivity contribution in [2.75, 3.05) is 13.7 Å². The molecule has 0 saturated carbocycles. The number of hydrogen-bond acceptors (Lipinski definition) is 2. The molecule has 100 valence electrons. The molecule has 0 aromatic heterocycles. The van der Waals surface area contributed by atoms with Crippen LogP contribution in [0.15, 0.2) is 18.2 Å². The lowest BCUT2D eigenvalue weighted by Crippen LogP contribution is -2.38.